The Morgan fingerprint density at radius 2 is 1.72 bits per heavy atom. The van der Waals surface area contributed by atoms with Crippen LogP contribution in [0.4, 0.5) is 5.69 Å². The van der Waals surface area contributed by atoms with Crippen molar-refractivity contribution in [3.8, 4) is 0 Å². The number of benzene rings is 2. The summed E-state index contributed by atoms with van der Waals surface area (Å²) in [5, 5.41) is 7.39. The zero-order valence-corrected chi connectivity index (χ0v) is 14.9. The monoisotopic (exact) mass is 335 g/mol. The van der Waals surface area contributed by atoms with E-state index in [-0.39, 0.29) is 0 Å². The third-order valence-corrected chi connectivity index (χ3v) is 4.21. The average Bonchev–Trinajstić information content (AvgIpc) is 3.06. The van der Waals surface area contributed by atoms with Gasteiger partial charge in [-0.1, -0.05) is 47.6 Å². The van der Waals surface area contributed by atoms with E-state index in [1.54, 1.807) is 0 Å². The Balaban J connectivity index is 1.55. The molecule has 0 radical (unpaired) electrons. The van der Waals surface area contributed by atoms with Gasteiger partial charge in [0.05, 0.1) is 5.69 Å². The maximum Gasteiger partial charge on any atom is 0.133 e. The maximum atomic E-state index is 5.07. The number of hydrogen-bond acceptors (Lipinski definition) is 4. The number of nitrogens with one attached hydrogen (secondary N) is 1. The molecule has 130 valence electrons. The van der Waals surface area contributed by atoms with Crippen molar-refractivity contribution in [2.75, 3.05) is 11.4 Å². The van der Waals surface area contributed by atoms with Crippen LogP contribution in [0.3, 0.4) is 0 Å². The molecule has 0 spiro atoms. The second kappa shape index (κ2) is 8.49. The molecule has 0 amide bonds. The molecule has 1 aromatic heterocycles. The van der Waals surface area contributed by atoms with E-state index < -0.39 is 0 Å². The van der Waals surface area contributed by atoms with Crippen LogP contribution in [0.15, 0.2) is 65.2 Å². The fourth-order valence-electron chi connectivity index (χ4n) is 2.85. The summed E-state index contributed by atoms with van der Waals surface area (Å²) < 4.78 is 5.07. The summed E-state index contributed by atoms with van der Waals surface area (Å²) in [4.78, 5) is 2.38. The standard InChI is InChI=1S/C21H25N3O/c1-3-24(16-19-7-5-4-6-8-19)21-11-9-18(10-12-21)14-22-15-20-13-17(2)25-23-20/h4-13,22H,3,14-16H2,1-2H3. The summed E-state index contributed by atoms with van der Waals surface area (Å²) >= 11 is 0. The lowest BCUT2D eigenvalue weighted by Gasteiger charge is -2.23. The van der Waals surface area contributed by atoms with Crippen molar-refractivity contribution in [2.24, 2.45) is 0 Å². The molecular formula is C21H25N3O. The molecule has 4 heteroatoms. The zero-order valence-electron chi connectivity index (χ0n) is 14.9. The molecule has 0 aliphatic heterocycles. The minimum Gasteiger partial charge on any atom is -0.367 e. The van der Waals surface area contributed by atoms with Crippen molar-refractivity contribution in [1.29, 1.82) is 0 Å². The van der Waals surface area contributed by atoms with Gasteiger partial charge >= 0.3 is 0 Å². The molecule has 0 atom stereocenters. The van der Waals surface area contributed by atoms with Crippen molar-refractivity contribution in [3.05, 3.63) is 83.2 Å². The third kappa shape index (κ3) is 4.94. The molecule has 0 unspecified atom stereocenters. The van der Waals surface area contributed by atoms with Crippen molar-refractivity contribution >= 4 is 5.69 Å². The normalized spacial score (nSPS) is 10.8. The first-order chi connectivity index (χ1) is 12.2. The Hall–Kier alpha value is -2.59. The van der Waals surface area contributed by atoms with Crippen molar-refractivity contribution < 1.29 is 4.52 Å². The Morgan fingerprint density at radius 3 is 2.36 bits per heavy atom. The number of anilines is 1. The van der Waals surface area contributed by atoms with Crippen molar-refractivity contribution in [3.63, 3.8) is 0 Å². The van der Waals surface area contributed by atoms with E-state index in [0.717, 1.165) is 31.1 Å². The van der Waals surface area contributed by atoms with Crippen LogP contribution >= 0.6 is 0 Å². The second-order valence-corrected chi connectivity index (χ2v) is 6.20. The Kier molecular flexibility index (Phi) is 5.86. The molecular weight excluding hydrogens is 310 g/mol. The van der Waals surface area contributed by atoms with Gasteiger partial charge in [-0.05, 0) is 37.1 Å². The smallest absolute Gasteiger partial charge is 0.133 e. The molecule has 0 bridgehead atoms. The summed E-state index contributed by atoms with van der Waals surface area (Å²) in [6.45, 7) is 7.55. The molecule has 0 fully saturated rings. The van der Waals surface area contributed by atoms with Crippen LogP contribution in [-0.4, -0.2) is 11.7 Å². The van der Waals surface area contributed by atoms with E-state index >= 15 is 0 Å². The van der Waals surface area contributed by atoms with Gasteiger partial charge in [0.15, 0.2) is 0 Å². The van der Waals surface area contributed by atoms with E-state index in [0.29, 0.717) is 6.54 Å². The topological polar surface area (TPSA) is 41.3 Å². The first-order valence-corrected chi connectivity index (χ1v) is 8.75. The number of nitrogens with zero attached hydrogens (tertiary/aromatic N) is 2. The lowest BCUT2D eigenvalue weighted by atomic mass is 10.1. The molecule has 2 aromatic carbocycles. The highest BCUT2D eigenvalue weighted by molar-refractivity contribution is 5.48. The highest BCUT2D eigenvalue weighted by atomic mass is 16.5. The first kappa shape index (κ1) is 17.2. The number of rotatable bonds is 8. The molecule has 0 saturated heterocycles. The van der Waals surface area contributed by atoms with E-state index in [4.69, 9.17) is 4.52 Å². The van der Waals surface area contributed by atoms with Gasteiger partial charge in [-0.2, -0.15) is 0 Å². The van der Waals surface area contributed by atoms with E-state index in [1.165, 1.54) is 16.8 Å². The highest BCUT2D eigenvalue weighted by Gasteiger charge is 2.05. The van der Waals surface area contributed by atoms with Crippen molar-refractivity contribution in [1.82, 2.24) is 10.5 Å². The first-order valence-electron chi connectivity index (χ1n) is 8.75. The van der Waals surface area contributed by atoms with Crippen LogP contribution < -0.4 is 10.2 Å². The number of aromatic nitrogens is 1. The summed E-state index contributed by atoms with van der Waals surface area (Å²) in [6, 6.07) is 21.3. The largest absolute Gasteiger partial charge is 0.367 e. The molecule has 0 aliphatic carbocycles. The molecule has 0 saturated carbocycles. The van der Waals surface area contributed by atoms with Gasteiger partial charge < -0.3 is 14.7 Å². The van der Waals surface area contributed by atoms with Gasteiger partial charge in [0, 0.05) is 37.9 Å². The Labute approximate surface area is 149 Å². The molecule has 1 heterocycles. The van der Waals surface area contributed by atoms with Gasteiger partial charge in [-0.3, -0.25) is 0 Å². The van der Waals surface area contributed by atoms with Gasteiger partial charge in [-0.15, -0.1) is 0 Å². The van der Waals surface area contributed by atoms with Gasteiger partial charge in [0.25, 0.3) is 0 Å². The quantitative estimate of drug-likeness (QED) is 0.666. The minimum absolute atomic E-state index is 0.716. The predicted molar refractivity (Wildman–Crippen MR) is 101 cm³/mol. The van der Waals surface area contributed by atoms with E-state index in [2.05, 4.69) is 76.9 Å². The lowest BCUT2D eigenvalue weighted by molar-refractivity contribution is 0.388. The molecule has 3 aromatic rings. The number of hydrogen-bond donors (Lipinski definition) is 1. The van der Waals surface area contributed by atoms with Gasteiger partial charge in [0.2, 0.25) is 0 Å². The predicted octanol–water partition coefficient (Wildman–Crippen LogP) is 4.30. The lowest BCUT2D eigenvalue weighted by Crippen LogP contribution is -2.22. The summed E-state index contributed by atoms with van der Waals surface area (Å²) in [5.74, 6) is 0.847. The van der Waals surface area contributed by atoms with E-state index in [9.17, 15) is 0 Å². The third-order valence-electron chi connectivity index (χ3n) is 4.21. The SMILES string of the molecule is CCN(Cc1ccccc1)c1ccc(CNCc2cc(C)on2)cc1. The summed E-state index contributed by atoms with van der Waals surface area (Å²) in [5.41, 5.74) is 4.79. The van der Waals surface area contributed by atoms with Crippen LogP contribution in [0, 0.1) is 6.92 Å². The Bertz CT molecular complexity index is 765. The summed E-state index contributed by atoms with van der Waals surface area (Å²) in [6.07, 6.45) is 0. The minimum atomic E-state index is 0.716. The van der Waals surface area contributed by atoms with Crippen LogP contribution in [0.1, 0.15) is 29.5 Å². The van der Waals surface area contributed by atoms with Crippen molar-refractivity contribution in [2.45, 2.75) is 33.5 Å². The molecule has 4 nitrogen and oxygen atoms in total. The molecule has 0 aliphatic rings. The Morgan fingerprint density at radius 1 is 0.960 bits per heavy atom. The van der Waals surface area contributed by atoms with Crippen LogP contribution in [0.5, 0.6) is 0 Å². The fourth-order valence-corrected chi connectivity index (χ4v) is 2.85. The summed E-state index contributed by atoms with van der Waals surface area (Å²) in [7, 11) is 0. The molecule has 3 rings (SSSR count). The maximum absolute atomic E-state index is 5.07. The highest BCUT2D eigenvalue weighted by Crippen LogP contribution is 2.18. The average molecular weight is 335 g/mol. The molecule has 1 N–H and O–H groups in total. The number of aryl methyl sites for hydroxylation is 1. The molecule has 25 heavy (non-hydrogen) atoms. The fraction of sp³-hybridized carbons (Fsp3) is 0.286. The van der Waals surface area contributed by atoms with Crippen LogP contribution in [-0.2, 0) is 19.6 Å². The van der Waals surface area contributed by atoms with Crippen LogP contribution in [0.25, 0.3) is 0 Å². The van der Waals surface area contributed by atoms with Crippen LogP contribution in [0.2, 0.25) is 0 Å². The van der Waals surface area contributed by atoms with E-state index in [1.807, 2.05) is 13.0 Å². The zero-order chi connectivity index (χ0) is 17.5. The second-order valence-electron chi connectivity index (χ2n) is 6.20. The van der Waals surface area contributed by atoms with Gasteiger partial charge in [0.1, 0.15) is 5.76 Å². The van der Waals surface area contributed by atoms with Gasteiger partial charge in [-0.25, -0.2) is 0 Å².